The van der Waals surface area contributed by atoms with Crippen LogP contribution in [0.5, 0.6) is 0 Å². The van der Waals surface area contributed by atoms with Gasteiger partial charge in [-0.2, -0.15) is 0 Å². The van der Waals surface area contributed by atoms with E-state index in [0.717, 1.165) is 45.3 Å². The summed E-state index contributed by atoms with van der Waals surface area (Å²) in [5, 5.41) is 0. The maximum Gasteiger partial charge on any atom is 0.226 e. The molecule has 0 saturated carbocycles. The summed E-state index contributed by atoms with van der Waals surface area (Å²) in [5.41, 5.74) is 0. The Labute approximate surface area is 116 Å². The summed E-state index contributed by atoms with van der Waals surface area (Å²) in [7, 11) is 0. The molecule has 1 atom stereocenters. The van der Waals surface area contributed by atoms with Gasteiger partial charge >= 0.3 is 0 Å². The molecule has 0 spiro atoms. The molecule has 108 valence electrons. The molecular formula is C15H26N2O2. The molecule has 0 N–H and O–H groups in total. The van der Waals surface area contributed by atoms with Gasteiger partial charge in [0.15, 0.2) is 0 Å². The van der Waals surface area contributed by atoms with Crippen LogP contribution in [-0.2, 0) is 9.59 Å². The number of rotatable bonds is 2. The van der Waals surface area contributed by atoms with E-state index in [1.54, 1.807) is 0 Å². The van der Waals surface area contributed by atoms with E-state index in [1.165, 1.54) is 6.42 Å². The van der Waals surface area contributed by atoms with Crippen molar-refractivity contribution >= 4 is 11.8 Å². The highest BCUT2D eigenvalue weighted by Gasteiger charge is 2.32. The maximum atomic E-state index is 12.5. The quantitative estimate of drug-likeness (QED) is 0.767. The number of piperidine rings is 2. The van der Waals surface area contributed by atoms with Crippen molar-refractivity contribution in [2.45, 2.75) is 58.4 Å². The van der Waals surface area contributed by atoms with Gasteiger partial charge in [0.1, 0.15) is 0 Å². The van der Waals surface area contributed by atoms with Gasteiger partial charge in [-0.1, -0.05) is 6.92 Å². The van der Waals surface area contributed by atoms with Gasteiger partial charge in [-0.3, -0.25) is 9.59 Å². The molecule has 0 aromatic rings. The number of hydrogen-bond acceptors (Lipinski definition) is 2. The van der Waals surface area contributed by atoms with E-state index in [0.29, 0.717) is 18.4 Å². The Kier molecular flexibility index (Phi) is 4.83. The number of carbonyl (C=O) groups excluding carboxylic acids is 2. The summed E-state index contributed by atoms with van der Waals surface area (Å²) >= 11 is 0. The molecule has 0 aromatic heterocycles. The standard InChI is InChI=1S/C15H26N2O2/c1-3-14(18)16-10-7-13(8-11-16)15(19)17-9-5-4-6-12(17)2/h12-13H,3-11H2,1-2H3. The number of likely N-dealkylation sites (tertiary alicyclic amines) is 2. The fourth-order valence-electron chi connectivity index (χ4n) is 3.26. The van der Waals surface area contributed by atoms with Gasteiger partial charge in [-0.15, -0.1) is 0 Å². The largest absolute Gasteiger partial charge is 0.343 e. The Balaban J connectivity index is 1.86. The predicted octanol–water partition coefficient (Wildman–Crippen LogP) is 2.04. The zero-order valence-electron chi connectivity index (χ0n) is 12.2. The Morgan fingerprint density at radius 2 is 1.74 bits per heavy atom. The van der Waals surface area contributed by atoms with Crippen LogP contribution in [0.2, 0.25) is 0 Å². The fraction of sp³-hybridized carbons (Fsp3) is 0.867. The van der Waals surface area contributed by atoms with Crippen LogP contribution in [0.1, 0.15) is 52.4 Å². The topological polar surface area (TPSA) is 40.6 Å². The highest BCUT2D eigenvalue weighted by atomic mass is 16.2. The smallest absolute Gasteiger partial charge is 0.226 e. The van der Waals surface area contributed by atoms with Crippen molar-refractivity contribution in [3.05, 3.63) is 0 Å². The normalized spacial score (nSPS) is 25.5. The molecular weight excluding hydrogens is 240 g/mol. The third-order valence-corrected chi connectivity index (χ3v) is 4.59. The van der Waals surface area contributed by atoms with Gasteiger partial charge in [0, 0.05) is 38.0 Å². The van der Waals surface area contributed by atoms with E-state index in [-0.39, 0.29) is 11.8 Å². The van der Waals surface area contributed by atoms with Gasteiger partial charge in [-0.05, 0) is 39.0 Å². The molecule has 2 fully saturated rings. The van der Waals surface area contributed by atoms with Gasteiger partial charge in [-0.25, -0.2) is 0 Å². The molecule has 2 rings (SSSR count). The van der Waals surface area contributed by atoms with Crippen molar-refractivity contribution in [1.82, 2.24) is 9.80 Å². The summed E-state index contributed by atoms with van der Waals surface area (Å²) in [6, 6.07) is 0.400. The van der Waals surface area contributed by atoms with Crippen molar-refractivity contribution in [1.29, 1.82) is 0 Å². The van der Waals surface area contributed by atoms with Crippen LogP contribution in [0.25, 0.3) is 0 Å². The Morgan fingerprint density at radius 1 is 1.05 bits per heavy atom. The average Bonchev–Trinajstić information content (AvgIpc) is 2.46. The Bertz CT molecular complexity index is 335. The van der Waals surface area contributed by atoms with Crippen molar-refractivity contribution in [2.24, 2.45) is 5.92 Å². The van der Waals surface area contributed by atoms with E-state index in [4.69, 9.17) is 0 Å². The lowest BCUT2D eigenvalue weighted by Crippen LogP contribution is -2.48. The molecule has 0 radical (unpaired) electrons. The summed E-state index contributed by atoms with van der Waals surface area (Å²) in [4.78, 5) is 28.1. The maximum absolute atomic E-state index is 12.5. The first-order valence-electron chi connectivity index (χ1n) is 7.71. The molecule has 4 heteroatoms. The summed E-state index contributed by atoms with van der Waals surface area (Å²) in [5.74, 6) is 0.689. The molecule has 2 aliphatic heterocycles. The minimum absolute atomic E-state index is 0.140. The van der Waals surface area contributed by atoms with Gasteiger partial charge in [0.05, 0.1) is 0 Å². The molecule has 4 nitrogen and oxygen atoms in total. The Morgan fingerprint density at radius 3 is 2.32 bits per heavy atom. The third kappa shape index (κ3) is 3.28. The highest BCUT2D eigenvalue weighted by Crippen LogP contribution is 2.24. The molecule has 1 unspecified atom stereocenters. The van der Waals surface area contributed by atoms with Crippen molar-refractivity contribution in [3.63, 3.8) is 0 Å². The molecule has 0 aliphatic carbocycles. The van der Waals surface area contributed by atoms with Gasteiger partial charge in [0.25, 0.3) is 0 Å². The lowest BCUT2D eigenvalue weighted by atomic mass is 9.93. The molecule has 19 heavy (non-hydrogen) atoms. The fourth-order valence-corrected chi connectivity index (χ4v) is 3.26. The van der Waals surface area contributed by atoms with Crippen LogP contribution >= 0.6 is 0 Å². The monoisotopic (exact) mass is 266 g/mol. The molecule has 2 aliphatic rings. The highest BCUT2D eigenvalue weighted by molar-refractivity contribution is 5.80. The number of amides is 2. The molecule has 2 amide bonds. The van der Waals surface area contributed by atoms with Crippen LogP contribution in [0.4, 0.5) is 0 Å². The molecule has 0 bridgehead atoms. The second kappa shape index (κ2) is 6.40. The first kappa shape index (κ1) is 14.4. The number of nitrogens with zero attached hydrogens (tertiary/aromatic N) is 2. The van der Waals surface area contributed by atoms with E-state index >= 15 is 0 Å². The zero-order valence-corrected chi connectivity index (χ0v) is 12.2. The van der Waals surface area contributed by atoms with E-state index in [1.807, 2.05) is 11.8 Å². The predicted molar refractivity (Wildman–Crippen MR) is 74.6 cm³/mol. The van der Waals surface area contributed by atoms with Gasteiger partial charge in [0.2, 0.25) is 11.8 Å². The van der Waals surface area contributed by atoms with Crippen molar-refractivity contribution in [2.75, 3.05) is 19.6 Å². The lowest BCUT2D eigenvalue weighted by molar-refractivity contribution is -0.143. The Hall–Kier alpha value is -1.06. The summed E-state index contributed by atoms with van der Waals surface area (Å²) in [6.45, 7) is 6.49. The van der Waals surface area contributed by atoms with E-state index in [2.05, 4.69) is 11.8 Å². The average molecular weight is 266 g/mol. The molecule has 2 heterocycles. The first-order chi connectivity index (χ1) is 9.13. The van der Waals surface area contributed by atoms with Crippen LogP contribution in [-0.4, -0.2) is 47.3 Å². The second-order valence-corrected chi connectivity index (χ2v) is 5.89. The van der Waals surface area contributed by atoms with Crippen LogP contribution in [0, 0.1) is 5.92 Å². The zero-order chi connectivity index (χ0) is 13.8. The van der Waals surface area contributed by atoms with E-state index in [9.17, 15) is 9.59 Å². The lowest BCUT2D eigenvalue weighted by Gasteiger charge is -2.38. The van der Waals surface area contributed by atoms with E-state index < -0.39 is 0 Å². The first-order valence-corrected chi connectivity index (χ1v) is 7.71. The van der Waals surface area contributed by atoms with Crippen LogP contribution in [0.15, 0.2) is 0 Å². The molecule has 0 aromatic carbocycles. The molecule has 2 saturated heterocycles. The third-order valence-electron chi connectivity index (χ3n) is 4.59. The van der Waals surface area contributed by atoms with Crippen molar-refractivity contribution in [3.8, 4) is 0 Å². The second-order valence-electron chi connectivity index (χ2n) is 5.89. The summed E-state index contributed by atoms with van der Waals surface area (Å²) < 4.78 is 0. The van der Waals surface area contributed by atoms with Crippen LogP contribution in [0.3, 0.4) is 0 Å². The summed E-state index contributed by atoms with van der Waals surface area (Å²) in [6.07, 6.45) is 5.78. The van der Waals surface area contributed by atoms with Crippen LogP contribution < -0.4 is 0 Å². The van der Waals surface area contributed by atoms with Crippen molar-refractivity contribution < 1.29 is 9.59 Å². The SMILES string of the molecule is CCC(=O)N1CCC(C(=O)N2CCCCC2C)CC1. The van der Waals surface area contributed by atoms with Gasteiger partial charge < -0.3 is 9.80 Å². The number of carbonyl (C=O) groups is 2. The minimum Gasteiger partial charge on any atom is -0.343 e. The minimum atomic E-state index is 0.140. The number of hydrogen-bond donors (Lipinski definition) is 0.